The average molecular weight is 142 g/mol. The van der Waals surface area contributed by atoms with Crippen molar-refractivity contribution < 1.29 is 4.18 Å². The molecule has 0 fully saturated rings. The molecule has 38 valence electrons. The van der Waals surface area contributed by atoms with Gasteiger partial charge in [0.2, 0.25) is 0 Å². The monoisotopic (exact) mass is 142 g/mol. The second kappa shape index (κ2) is 4.00. The maximum absolute atomic E-state index is 4.83. The van der Waals surface area contributed by atoms with Gasteiger partial charge in [-0.25, -0.2) is 0 Å². The molecule has 1 atom stereocenters. The molecule has 0 heterocycles. The molecule has 0 bridgehead atoms. The van der Waals surface area contributed by atoms with Crippen LogP contribution in [0, 0.1) is 0 Å². The van der Waals surface area contributed by atoms with Crippen LogP contribution in [-0.4, -0.2) is 6.61 Å². The minimum atomic E-state index is -0.712. The fourth-order valence-electron chi connectivity index (χ4n) is 0.117. The molecule has 0 N–H and O–H groups in total. The molecule has 0 spiro atoms. The normalized spacial score (nSPS) is 14.2. The van der Waals surface area contributed by atoms with Gasteiger partial charge in [-0.15, -0.1) is 0 Å². The minimum absolute atomic E-state index is 0.707. The summed E-state index contributed by atoms with van der Waals surface area (Å²) in [5.41, 5.74) is 0. The highest BCUT2D eigenvalue weighted by Crippen LogP contribution is 1.76. The number of hydrogen-bond donors (Lipinski definition) is 1. The molecule has 1 unspecified atom stereocenters. The van der Waals surface area contributed by atoms with E-state index in [0.29, 0.717) is 6.61 Å². The highest BCUT2D eigenvalue weighted by atomic mass is 32.9. The third kappa shape index (κ3) is 4.83. The van der Waals surface area contributed by atoms with E-state index >= 15 is 0 Å². The molecule has 0 aromatic heterocycles. The van der Waals surface area contributed by atoms with E-state index in [1.165, 1.54) is 0 Å². The third-order valence-corrected chi connectivity index (χ3v) is 1.44. The molecule has 0 aliphatic carbocycles. The lowest BCUT2D eigenvalue weighted by atomic mass is 10.9. The smallest absolute Gasteiger partial charge is 0.0582 e. The summed E-state index contributed by atoms with van der Waals surface area (Å²) in [6.07, 6.45) is 0. The van der Waals surface area contributed by atoms with Crippen LogP contribution in [0.4, 0.5) is 0 Å². The van der Waals surface area contributed by atoms with Crippen molar-refractivity contribution in [2.24, 2.45) is 0 Å². The first-order chi connectivity index (χ1) is 2.77. The zero-order valence-corrected chi connectivity index (χ0v) is 6.18. The largest absolute Gasteiger partial charge is 0.319 e. The van der Waals surface area contributed by atoms with Gasteiger partial charge in [0.25, 0.3) is 0 Å². The summed E-state index contributed by atoms with van der Waals surface area (Å²) in [4.78, 5) is 0. The second-order valence-electron chi connectivity index (χ2n) is 0.675. The minimum Gasteiger partial charge on any atom is -0.319 e. The molecule has 0 radical (unpaired) electrons. The first-order valence-electron chi connectivity index (χ1n) is 1.58. The topological polar surface area (TPSA) is 9.23 Å². The van der Waals surface area contributed by atoms with E-state index in [9.17, 15) is 0 Å². The van der Waals surface area contributed by atoms with E-state index in [1.807, 2.05) is 6.92 Å². The van der Waals surface area contributed by atoms with Gasteiger partial charge in [-0.2, -0.15) is 0 Å². The van der Waals surface area contributed by atoms with Gasteiger partial charge in [0.05, 0.1) is 6.61 Å². The molecule has 0 saturated heterocycles. The van der Waals surface area contributed by atoms with Crippen molar-refractivity contribution in [2.45, 2.75) is 6.92 Å². The molecular formula is C2H7OPS2. The quantitative estimate of drug-likeness (QED) is 0.451. The summed E-state index contributed by atoms with van der Waals surface area (Å²) in [7, 11) is 2.42. The van der Waals surface area contributed by atoms with Crippen molar-refractivity contribution in [3.05, 3.63) is 0 Å². The predicted molar refractivity (Wildman–Crippen MR) is 36.1 cm³/mol. The Morgan fingerprint density at radius 2 is 2.50 bits per heavy atom. The lowest BCUT2D eigenvalue weighted by Crippen LogP contribution is -1.78. The lowest BCUT2D eigenvalue weighted by Gasteiger charge is -1.85. The van der Waals surface area contributed by atoms with Crippen LogP contribution in [0.5, 0.6) is 0 Å². The fourth-order valence-corrected chi connectivity index (χ4v) is 1.06. The fraction of sp³-hybridized carbons (Fsp3) is 1.00. The molecule has 0 aliphatic rings. The summed E-state index contributed by atoms with van der Waals surface area (Å²) < 4.78 is 4.83. The Bertz CT molecular complexity index is 79.5. The van der Waals surface area contributed by atoms with Gasteiger partial charge in [-0.3, -0.25) is 0 Å². The molecular weight excluding hydrogens is 135 g/mol. The van der Waals surface area contributed by atoms with Crippen molar-refractivity contribution in [3.63, 3.8) is 0 Å². The van der Waals surface area contributed by atoms with E-state index in [1.54, 1.807) is 0 Å². The molecule has 6 heavy (non-hydrogen) atoms. The van der Waals surface area contributed by atoms with Crippen LogP contribution in [0.2, 0.25) is 0 Å². The predicted octanol–water partition coefficient (Wildman–Crippen LogP) is 0.808. The van der Waals surface area contributed by atoms with Gasteiger partial charge in [0.15, 0.2) is 0 Å². The Hall–Kier alpha value is 0.830. The Morgan fingerprint density at radius 3 is 2.50 bits per heavy atom. The van der Waals surface area contributed by atoms with E-state index in [0.717, 1.165) is 0 Å². The van der Waals surface area contributed by atoms with Gasteiger partial charge < -0.3 is 4.18 Å². The Labute approximate surface area is 46.3 Å². The highest BCUT2D eigenvalue weighted by molar-refractivity contribution is 8.36. The van der Waals surface area contributed by atoms with Crippen molar-refractivity contribution in [3.8, 4) is 0 Å². The van der Waals surface area contributed by atoms with Crippen LogP contribution in [0.3, 0.4) is 0 Å². The first-order valence-corrected chi connectivity index (χ1v) is 5.20. The van der Waals surface area contributed by atoms with Crippen LogP contribution in [0.15, 0.2) is 0 Å². The van der Waals surface area contributed by atoms with E-state index in [4.69, 9.17) is 4.18 Å². The zero-order chi connectivity index (χ0) is 4.99. The van der Waals surface area contributed by atoms with Crippen LogP contribution in [0.1, 0.15) is 6.92 Å². The summed E-state index contributed by atoms with van der Waals surface area (Å²) in [5.74, 6) is 0. The standard InChI is InChI=1S/C2H7OPS2/c1-2-3-6(4)5/h4,6H,2H2,1H3. The molecule has 0 aromatic rings. The first kappa shape index (κ1) is 6.83. The molecule has 4 heteroatoms. The third-order valence-electron chi connectivity index (χ3n) is 0.246. The highest BCUT2D eigenvalue weighted by Gasteiger charge is 1.64. The van der Waals surface area contributed by atoms with Gasteiger partial charge in [0, 0.05) is 0 Å². The van der Waals surface area contributed by atoms with Crippen molar-refractivity contribution in [2.75, 3.05) is 6.61 Å². The zero-order valence-electron chi connectivity index (χ0n) is 3.47. The molecule has 1 nitrogen and oxygen atoms in total. The van der Waals surface area contributed by atoms with Crippen LogP contribution < -0.4 is 0 Å². The van der Waals surface area contributed by atoms with Gasteiger partial charge >= 0.3 is 0 Å². The summed E-state index contributed by atoms with van der Waals surface area (Å²) in [5, 5.41) is 0. The number of rotatable bonds is 2. The maximum Gasteiger partial charge on any atom is 0.0582 e. The molecule has 0 amide bonds. The van der Waals surface area contributed by atoms with E-state index < -0.39 is 8.91 Å². The van der Waals surface area contributed by atoms with Crippen LogP contribution >= 0.6 is 8.02 Å². The maximum atomic E-state index is 4.83. The Kier molecular flexibility index (Phi) is 4.56. The van der Waals surface area contributed by atoms with Crippen LogP contribution in [-0.2, 0) is 24.3 Å². The Morgan fingerprint density at radius 1 is 2.00 bits per heavy atom. The average Bonchev–Trinajstić information content (AvgIpc) is 1.35. The van der Waals surface area contributed by atoms with Gasteiger partial charge in [-0.05, 0) is 27.0 Å². The van der Waals surface area contributed by atoms with Crippen molar-refractivity contribution in [1.82, 2.24) is 0 Å². The number of hydrogen-bond acceptors (Lipinski definition) is 2. The SMILES string of the molecule is CCO[SH](=P)=S. The summed E-state index contributed by atoms with van der Waals surface area (Å²) >= 11 is 4.63. The second-order valence-corrected chi connectivity index (χ2v) is 4.63. The molecule has 0 aliphatic heterocycles. The number of thiol groups is 1. The van der Waals surface area contributed by atoms with Crippen molar-refractivity contribution >= 4 is 28.1 Å². The molecule has 0 aromatic carbocycles. The lowest BCUT2D eigenvalue weighted by molar-refractivity contribution is 0.405. The van der Waals surface area contributed by atoms with Gasteiger partial charge in [-0.1, -0.05) is 8.02 Å². The van der Waals surface area contributed by atoms with E-state index in [2.05, 4.69) is 19.2 Å². The van der Waals surface area contributed by atoms with Crippen LogP contribution in [0.25, 0.3) is 0 Å². The van der Waals surface area contributed by atoms with Gasteiger partial charge in [0.1, 0.15) is 0 Å². The summed E-state index contributed by atoms with van der Waals surface area (Å²) in [6.45, 7) is 2.63. The Balaban J connectivity index is 3.07. The summed E-state index contributed by atoms with van der Waals surface area (Å²) in [6, 6.07) is 0. The van der Waals surface area contributed by atoms with E-state index in [-0.39, 0.29) is 0 Å². The molecule has 0 saturated carbocycles. The molecule has 0 rings (SSSR count). The van der Waals surface area contributed by atoms with Crippen molar-refractivity contribution in [1.29, 1.82) is 0 Å².